The molecule has 0 unspecified atom stereocenters. The first-order chi connectivity index (χ1) is 8.65. The molecule has 1 atom stereocenters. The van der Waals surface area contributed by atoms with E-state index in [1.165, 1.54) is 0 Å². The maximum atomic E-state index is 11.8. The number of amides is 1. The summed E-state index contributed by atoms with van der Waals surface area (Å²) in [6, 6.07) is 5.23. The Morgan fingerprint density at radius 2 is 2.11 bits per heavy atom. The van der Waals surface area contributed by atoms with Crippen molar-refractivity contribution in [3.63, 3.8) is 0 Å². The van der Waals surface area contributed by atoms with Gasteiger partial charge in [0.05, 0.1) is 20.3 Å². The molecule has 6 heteroatoms. The molecule has 1 aliphatic heterocycles. The molecule has 19 heavy (non-hydrogen) atoms. The van der Waals surface area contributed by atoms with Crippen LogP contribution in [0.1, 0.15) is 12.0 Å². The molecular weight excluding hydrogens is 268 g/mol. The van der Waals surface area contributed by atoms with Crippen LogP contribution >= 0.6 is 12.4 Å². The van der Waals surface area contributed by atoms with Crippen molar-refractivity contribution in [2.75, 3.05) is 20.8 Å². The molecule has 0 radical (unpaired) electrons. The zero-order valence-corrected chi connectivity index (χ0v) is 11.9. The van der Waals surface area contributed by atoms with Crippen LogP contribution in [0.3, 0.4) is 0 Å². The molecule has 1 aromatic carbocycles. The van der Waals surface area contributed by atoms with Crippen LogP contribution in [0.15, 0.2) is 18.2 Å². The van der Waals surface area contributed by atoms with Crippen LogP contribution in [0.2, 0.25) is 0 Å². The van der Waals surface area contributed by atoms with Gasteiger partial charge in [0.15, 0.2) is 0 Å². The topological polar surface area (TPSA) is 64.8 Å². The summed E-state index contributed by atoms with van der Waals surface area (Å²) < 4.78 is 10.5. The van der Waals surface area contributed by atoms with Crippen molar-refractivity contribution in [1.29, 1.82) is 0 Å². The summed E-state index contributed by atoms with van der Waals surface area (Å²) in [7, 11) is 3.22. The number of ether oxygens (including phenoxy) is 2. The van der Waals surface area contributed by atoms with E-state index in [4.69, 9.17) is 15.2 Å². The van der Waals surface area contributed by atoms with E-state index in [1.54, 1.807) is 19.1 Å². The van der Waals surface area contributed by atoms with E-state index >= 15 is 0 Å². The van der Waals surface area contributed by atoms with E-state index < -0.39 is 0 Å². The van der Waals surface area contributed by atoms with Gasteiger partial charge in [0.25, 0.3) is 0 Å². The molecule has 5 nitrogen and oxygen atoms in total. The molecule has 1 aliphatic rings. The lowest BCUT2D eigenvalue weighted by Crippen LogP contribution is -2.33. The van der Waals surface area contributed by atoms with Crippen molar-refractivity contribution in [2.24, 2.45) is 5.73 Å². The quantitative estimate of drug-likeness (QED) is 0.903. The molecule has 2 N–H and O–H groups in total. The van der Waals surface area contributed by atoms with E-state index in [0.717, 1.165) is 23.5 Å². The molecule has 1 heterocycles. The molecule has 1 aromatic rings. The lowest BCUT2D eigenvalue weighted by atomic mass is 10.2. The van der Waals surface area contributed by atoms with Gasteiger partial charge in [0.1, 0.15) is 11.5 Å². The molecule has 106 valence electrons. The van der Waals surface area contributed by atoms with Crippen LogP contribution in [-0.2, 0) is 11.3 Å². The van der Waals surface area contributed by atoms with Gasteiger partial charge in [-0.3, -0.25) is 4.79 Å². The SMILES string of the molecule is COc1ccc(CN2CC[C@@H](N)C2=O)c(OC)c1.Cl. The van der Waals surface area contributed by atoms with Gasteiger partial charge in [-0.15, -0.1) is 12.4 Å². The third kappa shape index (κ3) is 3.30. The molecule has 0 aromatic heterocycles. The van der Waals surface area contributed by atoms with Gasteiger partial charge >= 0.3 is 0 Å². The molecule has 1 fully saturated rings. The number of hydrogen-bond donors (Lipinski definition) is 1. The Bertz CT molecular complexity index is 454. The predicted molar refractivity (Wildman–Crippen MR) is 74.8 cm³/mol. The van der Waals surface area contributed by atoms with Crippen molar-refractivity contribution in [3.8, 4) is 11.5 Å². The van der Waals surface area contributed by atoms with Gasteiger partial charge in [0, 0.05) is 24.7 Å². The Morgan fingerprint density at radius 1 is 1.37 bits per heavy atom. The van der Waals surface area contributed by atoms with E-state index in [2.05, 4.69) is 0 Å². The van der Waals surface area contributed by atoms with Crippen molar-refractivity contribution >= 4 is 18.3 Å². The highest BCUT2D eigenvalue weighted by molar-refractivity contribution is 5.85. The second-order valence-electron chi connectivity index (χ2n) is 4.33. The lowest BCUT2D eigenvalue weighted by Gasteiger charge is -2.18. The largest absolute Gasteiger partial charge is 0.497 e. The van der Waals surface area contributed by atoms with E-state index in [-0.39, 0.29) is 24.4 Å². The van der Waals surface area contributed by atoms with Gasteiger partial charge in [-0.1, -0.05) is 0 Å². The number of nitrogens with zero attached hydrogens (tertiary/aromatic N) is 1. The first-order valence-electron chi connectivity index (χ1n) is 5.91. The fourth-order valence-electron chi connectivity index (χ4n) is 2.11. The van der Waals surface area contributed by atoms with Crippen LogP contribution in [0.5, 0.6) is 11.5 Å². The number of benzene rings is 1. The Kier molecular flexibility index (Phi) is 5.44. The fourth-order valence-corrected chi connectivity index (χ4v) is 2.11. The minimum absolute atomic E-state index is 0. The second kappa shape index (κ2) is 6.63. The summed E-state index contributed by atoms with van der Waals surface area (Å²) in [4.78, 5) is 13.5. The average Bonchev–Trinajstić information content (AvgIpc) is 2.71. The molecule has 0 aliphatic carbocycles. The van der Waals surface area contributed by atoms with Gasteiger partial charge < -0.3 is 20.1 Å². The third-order valence-electron chi connectivity index (χ3n) is 3.19. The lowest BCUT2D eigenvalue weighted by molar-refractivity contribution is -0.129. The van der Waals surface area contributed by atoms with Crippen LogP contribution < -0.4 is 15.2 Å². The van der Waals surface area contributed by atoms with Gasteiger partial charge in [0.2, 0.25) is 5.91 Å². The number of carbonyl (C=O) groups is 1. The van der Waals surface area contributed by atoms with E-state index in [0.29, 0.717) is 13.1 Å². The van der Waals surface area contributed by atoms with Gasteiger partial charge in [-0.05, 0) is 18.6 Å². The summed E-state index contributed by atoms with van der Waals surface area (Å²) in [5.74, 6) is 1.47. The van der Waals surface area contributed by atoms with E-state index in [9.17, 15) is 4.79 Å². The van der Waals surface area contributed by atoms with Crippen LogP contribution in [0, 0.1) is 0 Å². The molecule has 0 bridgehead atoms. The smallest absolute Gasteiger partial charge is 0.239 e. The van der Waals surface area contributed by atoms with Crippen molar-refractivity contribution in [1.82, 2.24) is 4.90 Å². The van der Waals surface area contributed by atoms with Crippen molar-refractivity contribution < 1.29 is 14.3 Å². The van der Waals surface area contributed by atoms with Gasteiger partial charge in [-0.2, -0.15) is 0 Å². The third-order valence-corrected chi connectivity index (χ3v) is 3.19. The Morgan fingerprint density at radius 3 is 2.63 bits per heavy atom. The normalized spacial score (nSPS) is 18.2. The summed E-state index contributed by atoms with van der Waals surface area (Å²) >= 11 is 0. The molecular formula is C13H19ClN2O3. The van der Waals surface area contributed by atoms with E-state index in [1.807, 2.05) is 18.2 Å². The monoisotopic (exact) mass is 286 g/mol. The Balaban J connectivity index is 0.00000180. The number of halogens is 1. The zero-order valence-electron chi connectivity index (χ0n) is 11.1. The van der Waals surface area contributed by atoms with Crippen LogP contribution in [0.4, 0.5) is 0 Å². The van der Waals surface area contributed by atoms with Crippen molar-refractivity contribution in [3.05, 3.63) is 23.8 Å². The fraction of sp³-hybridized carbons (Fsp3) is 0.462. The highest BCUT2D eigenvalue weighted by Crippen LogP contribution is 2.26. The molecule has 1 saturated heterocycles. The summed E-state index contributed by atoms with van der Waals surface area (Å²) in [5, 5.41) is 0. The number of nitrogens with two attached hydrogens (primary N) is 1. The second-order valence-corrected chi connectivity index (χ2v) is 4.33. The zero-order chi connectivity index (χ0) is 13.1. The van der Waals surface area contributed by atoms with Crippen molar-refractivity contribution in [2.45, 2.75) is 19.0 Å². The highest BCUT2D eigenvalue weighted by Gasteiger charge is 2.28. The number of rotatable bonds is 4. The Hall–Kier alpha value is -1.46. The van der Waals surface area contributed by atoms with Crippen LogP contribution in [0.25, 0.3) is 0 Å². The maximum absolute atomic E-state index is 11.8. The molecule has 0 saturated carbocycles. The Labute approximate surface area is 119 Å². The summed E-state index contributed by atoms with van der Waals surface area (Å²) in [5.41, 5.74) is 6.66. The summed E-state index contributed by atoms with van der Waals surface area (Å²) in [6.07, 6.45) is 0.720. The molecule has 0 spiro atoms. The first-order valence-corrected chi connectivity index (χ1v) is 5.91. The minimum Gasteiger partial charge on any atom is -0.497 e. The standard InChI is InChI=1S/C13H18N2O3.ClH/c1-17-10-4-3-9(12(7-10)18-2)8-15-6-5-11(14)13(15)16;/h3-4,7,11H,5-6,8,14H2,1-2H3;1H/t11-;/m1./s1. The van der Waals surface area contributed by atoms with Crippen LogP contribution in [-0.4, -0.2) is 37.6 Å². The number of likely N-dealkylation sites (tertiary alicyclic amines) is 1. The maximum Gasteiger partial charge on any atom is 0.239 e. The summed E-state index contributed by atoms with van der Waals surface area (Å²) in [6.45, 7) is 1.23. The highest BCUT2D eigenvalue weighted by atomic mass is 35.5. The molecule has 1 amide bonds. The predicted octanol–water partition coefficient (Wildman–Crippen LogP) is 1.19. The number of hydrogen-bond acceptors (Lipinski definition) is 4. The molecule has 2 rings (SSSR count). The first kappa shape index (κ1) is 15.6. The number of methoxy groups -OCH3 is 2. The average molecular weight is 287 g/mol. The minimum atomic E-state index is -0.353. The van der Waals surface area contributed by atoms with Gasteiger partial charge in [-0.25, -0.2) is 0 Å². The number of carbonyl (C=O) groups excluding carboxylic acids is 1.